The summed E-state index contributed by atoms with van der Waals surface area (Å²) in [5.74, 6) is -2.24. The summed E-state index contributed by atoms with van der Waals surface area (Å²) >= 11 is 0. The third-order valence-corrected chi connectivity index (χ3v) is 3.54. The van der Waals surface area contributed by atoms with Crippen molar-refractivity contribution in [1.82, 2.24) is 5.32 Å². The van der Waals surface area contributed by atoms with Crippen LogP contribution in [0.15, 0.2) is 24.3 Å². The molecule has 18 heavy (non-hydrogen) atoms. The Morgan fingerprint density at radius 2 is 2.06 bits per heavy atom. The zero-order chi connectivity index (χ0) is 13.0. The molecule has 1 saturated carbocycles. The number of carboxylic acid groups (broad SMARTS) is 1. The Hall–Kier alpha value is -1.42. The monoisotopic (exact) mass is 251 g/mol. The van der Waals surface area contributed by atoms with Crippen molar-refractivity contribution in [2.75, 3.05) is 6.54 Å². The molecule has 1 unspecified atom stereocenters. The van der Waals surface area contributed by atoms with Crippen LogP contribution in [-0.4, -0.2) is 23.7 Å². The molecule has 1 aromatic carbocycles. The normalized spacial score (nSPS) is 17.8. The molecule has 2 rings (SSSR count). The molecule has 0 heterocycles. The highest BCUT2D eigenvalue weighted by Gasteiger charge is 2.24. The van der Waals surface area contributed by atoms with Gasteiger partial charge in [-0.05, 0) is 18.9 Å². The Bertz CT molecular complexity index is 416. The second kappa shape index (κ2) is 5.96. The number of carboxylic acids is 1. The van der Waals surface area contributed by atoms with Gasteiger partial charge in [-0.1, -0.05) is 31.0 Å². The van der Waals surface area contributed by atoms with Crippen molar-refractivity contribution in [2.45, 2.75) is 37.6 Å². The summed E-state index contributed by atoms with van der Waals surface area (Å²) in [5.41, 5.74) is 0.260. The summed E-state index contributed by atoms with van der Waals surface area (Å²) in [6.07, 6.45) is 4.55. The van der Waals surface area contributed by atoms with E-state index in [0.717, 1.165) is 12.8 Å². The first-order chi connectivity index (χ1) is 8.68. The van der Waals surface area contributed by atoms with Gasteiger partial charge in [0.2, 0.25) is 0 Å². The number of aliphatic carboxylic acids is 1. The van der Waals surface area contributed by atoms with E-state index in [2.05, 4.69) is 5.32 Å². The van der Waals surface area contributed by atoms with E-state index in [4.69, 9.17) is 0 Å². The van der Waals surface area contributed by atoms with Gasteiger partial charge in [-0.15, -0.1) is 0 Å². The molecule has 1 aromatic rings. The molecular weight excluding hydrogens is 233 g/mol. The standard InChI is InChI=1S/C14H18FNO2/c15-13-8-4-3-7-11(13)12(14(17)18)9-16-10-5-1-2-6-10/h3-4,7-8,10,12,16H,1-2,5-6,9H2,(H,17,18). The first kappa shape index (κ1) is 13.0. The Kier molecular flexibility index (Phi) is 4.31. The van der Waals surface area contributed by atoms with Crippen LogP contribution >= 0.6 is 0 Å². The van der Waals surface area contributed by atoms with Gasteiger partial charge < -0.3 is 10.4 Å². The van der Waals surface area contributed by atoms with E-state index in [0.29, 0.717) is 12.6 Å². The molecule has 0 bridgehead atoms. The van der Waals surface area contributed by atoms with Crippen LogP contribution in [0.25, 0.3) is 0 Å². The number of benzene rings is 1. The molecule has 1 aliphatic rings. The zero-order valence-corrected chi connectivity index (χ0v) is 10.2. The van der Waals surface area contributed by atoms with Crippen molar-refractivity contribution in [3.8, 4) is 0 Å². The number of hydrogen-bond acceptors (Lipinski definition) is 2. The van der Waals surface area contributed by atoms with E-state index in [9.17, 15) is 14.3 Å². The van der Waals surface area contributed by atoms with E-state index in [1.807, 2.05) is 0 Å². The van der Waals surface area contributed by atoms with Gasteiger partial charge in [-0.2, -0.15) is 0 Å². The molecule has 0 saturated heterocycles. The van der Waals surface area contributed by atoms with Gasteiger partial charge in [0.25, 0.3) is 0 Å². The molecule has 0 aliphatic heterocycles. The third kappa shape index (κ3) is 3.07. The van der Waals surface area contributed by atoms with Crippen LogP contribution in [0.3, 0.4) is 0 Å². The predicted octanol–water partition coefficient (Wildman–Crippen LogP) is 2.53. The fourth-order valence-electron chi connectivity index (χ4n) is 2.50. The van der Waals surface area contributed by atoms with E-state index in [1.165, 1.54) is 18.9 Å². The highest BCUT2D eigenvalue weighted by atomic mass is 19.1. The number of nitrogens with one attached hydrogen (secondary N) is 1. The van der Waals surface area contributed by atoms with Crippen molar-refractivity contribution in [3.63, 3.8) is 0 Å². The van der Waals surface area contributed by atoms with Gasteiger partial charge >= 0.3 is 5.97 Å². The third-order valence-electron chi connectivity index (χ3n) is 3.54. The maximum absolute atomic E-state index is 13.6. The lowest BCUT2D eigenvalue weighted by molar-refractivity contribution is -0.138. The van der Waals surface area contributed by atoms with Crippen LogP contribution < -0.4 is 5.32 Å². The summed E-state index contributed by atoms with van der Waals surface area (Å²) in [6, 6.07) is 6.48. The average Bonchev–Trinajstić information content (AvgIpc) is 2.84. The van der Waals surface area contributed by atoms with Crippen LogP contribution in [-0.2, 0) is 4.79 Å². The Labute approximate surface area is 106 Å². The molecule has 0 amide bonds. The molecule has 0 radical (unpaired) electrons. The van der Waals surface area contributed by atoms with Crippen LogP contribution in [0.2, 0.25) is 0 Å². The second-order valence-corrected chi connectivity index (χ2v) is 4.80. The van der Waals surface area contributed by atoms with Crippen LogP contribution in [0, 0.1) is 5.82 Å². The van der Waals surface area contributed by atoms with E-state index >= 15 is 0 Å². The number of halogens is 1. The lowest BCUT2D eigenvalue weighted by Crippen LogP contribution is -2.33. The highest BCUT2D eigenvalue weighted by Crippen LogP contribution is 2.22. The zero-order valence-electron chi connectivity index (χ0n) is 10.2. The van der Waals surface area contributed by atoms with Crippen molar-refractivity contribution >= 4 is 5.97 Å². The van der Waals surface area contributed by atoms with E-state index in [1.54, 1.807) is 18.2 Å². The number of carbonyl (C=O) groups is 1. The minimum atomic E-state index is -0.981. The summed E-state index contributed by atoms with van der Waals surface area (Å²) in [5, 5.41) is 12.5. The van der Waals surface area contributed by atoms with Crippen LogP contribution in [0.4, 0.5) is 4.39 Å². The maximum Gasteiger partial charge on any atom is 0.312 e. The SMILES string of the molecule is O=C(O)C(CNC1CCCC1)c1ccccc1F. The van der Waals surface area contributed by atoms with Crippen molar-refractivity contribution in [2.24, 2.45) is 0 Å². The van der Waals surface area contributed by atoms with E-state index < -0.39 is 17.7 Å². The van der Waals surface area contributed by atoms with Crippen molar-refractivity contribution in [1.29, 1.82) is 0 Å². The molecule has 1 atom stereocenters. The Morgan fingerprint density at radius 3 is 2.67 bits per heavy atom. The van der Waals surface area contributed by atoms with Crippen molar-refractivity contribution in [3.05, 3.63) is 35.6 Å². The molecule has 0 spiro atoms. The summed E-state index contributed by atoms with van der Waals surface area (Å²) < 4.78 is 13.6. The van der Waals surface area contributed by atoms with Gasteiger partial charge in [0, 0.05) is 18.2 Å². The smallest absolute Gasteiger partial charge is 0.312 e. The van der Waals surface area contributed by atoms with Crippen molar-refractivity contribution < 1.29 is 14.3 Å². The fourth-order valence-corrected chi connectivity index (χ4v) is 2.50. The molecule has 4 heteroatoms. The fraction of sp³-hybridized carbons (Fsp3) is 0.500. The average molecular weight is 251 g/mol. The maximum atomic E-state index is 13.6. The first-order valence-electron chi connectivity index (χ1n) is 6.39. The summed E-state index contributed by atoms with van der Waals surface area (Å²) in [4.78, 5) is 11.3. The molecular formula is C14H18FNO2. The molecule has 0 aromatic heterocycles. The second-order valence-electron chi connectivity index (χ2n) is 4.80. The first-order valence-corrected chi connectivity index (χ1v) is 6.39. The minimum absolute atomic E-state index is 0.260. The predicted molar refractivity (Wildman–Crippen MR) is 67.0 cm³/mol. The van der Waals surface area contributed by atoms with Gasteiger partial charge in [-0.25, -0.2) is 4.39 Å². The summed E-state index contributed by atoms with van der Waals surface area (Å²) in [7, 11) is 0. The van der Waals surface area contributed by atoms with Gasteiger partial charge in [0.15, 0.2) is 0 Å². The highest BCUT2D eigenvalue weighted by molar-refractivity contribution is 5.76. The Morgan fingerprint density at radius 1 is 1.39 bits per heavy atom. The largest absolute Gasteiger partial charge is 0.481 e. The van der Waals surface area contributed by atoms with Gasteiger partial charge in [0.1, 0.15) is 5.82 Å². The van der Waals surface area contributed by atoms with E-state index in [-0.39, 0.29) is 5.56 Å². The number of hydrogen-bond donors (Lipinski definition) is 2. The summed E-state index contributed by atoms with van der Waals surface area (Å²) in [6.45, 7) is 0.293. The topological polar surface area (TPSA) is 49.3 Å². The van der Waals surface area contributed by atoms with Crippen LogP contribution in [0.5, 0.6) is 0 Å². The number of rotatable bonds is 5. The van der Waals surface area contributed by atoms with Crippen LogP contribution in [0.1, 0.15) is 37.2 Å². The lowest BCUT2D eigenvalue weighted by Gasteiger charge is -2.18. The minimum Gasteiger partial charge on any atom is -0.481 e. The molecule has 1 fully saturated rings. The quantitative estimate of drug-likeness (QED) is 0.845. The Balaban J connectivity index is 2.04. The van der Waals surface area contributed by atoms with Gasteiger partial charge in [0.05, 0.1) is 5.92 Å². The molecule has 2 N–H and O–H groups in total. The lowest BCUT2D eigenvalue weighted by atomic mass is 9.98. The molecule has 3 nitrogen and oxygen atoms in total. The molecule has 98 valence electrons. The molecule has 1 aliphatic carbocycles. The van der Waals surface area contributed by atoms with Gasteiger partial charge in [-0.3, -0.25) is 4.79 Å².